The van der Waals surface area contributed by atoms with Crippen molar-refractivity contribution in [2.24, 2.45) is 5.73 Å². The summed E-state index contributed by atoms with van der Waals surface area (Å²) in [5.41, 5.74) is 5.09. The van der Waals surface area contributed by atoms with Gasteiger partial charge in [-0.25, -0.2) is 0 Å². The van der Waals surface area contributed by atoms with E-state index in [-0.39, 0.29) is 31.4 Å². The molecule has 0 saturated heterocycles. The standard InChI is InChI=1S/C16H33NO.C14H14AsF4NO4.C2H6/c1-2-3-4-5-6-7-8-9-10-11-12-13-14-15-16(17)18;1-14(15,6-21)20-9(22)3-2-4-10(23)24-13-11(18)7(16)5-8(17)12(13)19;1-2/h2-15H2,1H3,(H2,17,18);5,21H,2-4,6H2,1H3,(H,20,22);1-2H3. The molecule has 254 valence electrons. The van der Waals surface area contributed by atoms with Gasteiger partial charge in [0, 0.05) is 6.42 Å². The Morgan fingerprint density at radius 3 is 1.64 bits per heavy atom. The predicted octanol–water partition coefficient (Wildman–Crippen LogP) is 7.29. The van der Waals surface area contributed by atoms with Crippen molar-refractivity contribution in [3.05, 3.63) is 29.3 Å². The largest absolute Gasteiger partial charge is 0.370 e. The third-order valence-electron chi connectivity index (χ3n) is 6.32. The van der Waals surface area contributed by atoms with Gasteiger partial charge in [0.25, 0.3) is 0 Å². The van der Waals surface area contributed by atoms with Crippen molar-refractivity contribution in [3.63, 3.8) is 0 Å². The van der Waals surface area contributed by atoms with Crippen LogP contribution >= 0.6 is 0 Å². The molecule has 1 aromatic carbocycles. The van der Waals surface area contributed by atoms with Gasteiger partial charge < -0.3 is 5.73 Å². The van der Waals surface area contributed by atoms with E-state index in [0.717, 1.165) is 6.42 Å². The van der Waals surface area contributed by atoms with Crippen LogP contribution in [0.3, 0.4) is 0 Å². The first-order valence-corrected chi connectivity index (χ1v) is 16.7. The van der Waals surface area contributed by atoms with Crippen LogP contribution in [-0.4, -0.2) is 50.7 Å². The quantitative estimate of drug-likeness (QED) is 0.0312. The second-order valence-corrected chi connectivity index (χ2v) is 12.6. The zero-order valence-electron chi connectivity index (χ0n) is 26.9. The number of esters is 1. The summed E-state index contributed by atoms with van der Waals surface area (Å²) < 4.78 is 56.0. The fourth-order valence-electron chi connectivity index (χ4n) is 3.92. The third-order valence-corrected chi connectivity index (χ3v) is 6.85. The van der Waals surface area contributed by atoms with Crippen molar-refractivity contribution in [2.45, 2.75) is 141 Å². The zero-order valence-corrected chi connectivity index (χ0v) is 28.8. The van der Waals surface area contributed by atoms with Gasteiger partial charge in [0.05, 0.1) is 0 Å². The minimum atomic E-state index is -1.82. The maximum Gasteiger partial charge on any atom is 0.217 e. The fraction of sp³-hybridized carbons (Fsp3) is 0.719. The van der Waals surface area contributed by atoms with Crippen LogP contribution < -0.4 is 15.8 Å². The Hall–Kier alpha value is -2.13. The molecule has 2 radical (unpaired) electrons. The van der Waals surface area contributed by atoms with Crippen LogP contribution in [0.25, 0.3) is 0 Å². The van der Waals surface area contributed by atoms with Gasteiger partial charge >= 0.3 is 143 Å². The molecule has 7 nitrogen and oxygen atoms in total. The van der Waals surface area contributed by atoms with Crippen LogP contribution in [0.15, 0.2) is 6.07 Å². The first-order chi connectivity index (χ1) is 20.8. The summed E-state index contributed by atoms with van der Waals surface area (Å²) in [4.78, 5) is 33.6. The number of carbonyl (C=O) groups excluding carboxylic acids is 3. The molecule has 0 aliphatic rings. The number of aliphatic hydroxyl groups is 1. The molecular formula is C32H53AsF4N2O5. The second-order valence-electron chi connectivity index (χ2n) is 10.6. The zero-order chi connectivity index (χ0) is 34.0. The summed E-state index contributed by atoms with van der Waals surface area (Å²) in [5.74, 6) is -10.2. The number of rotatable bonds is 21. The molecule has 0 heterocycles. The summed E-state index contributed by atoms with van der Waals surface area (Å²) in [6.45, 7) is 7.51. The molecule has 1 rings (SSSR count). The number of hydrogen-bond acceptors (Lipinski definition) is 5. The molecule has 4 N–H and O–H groups in total. The topological polar surface area (TPSA) is 119 Å². The van der Waals surface area contributed by atoms with E-state index in [1.165, 1.54) is 77.0 Å². The van der Waals surface area contributed by atoms with Gasteiger partial charge in [-0.15, -0.1) is 0 Å². The number of unbranched alkanes of at least 4 members (excludes halogenated alkanes) is 12. The molecule has 2 amide bonds. The Bertz CT molecular complexity index is 925. The first kappa shape index (κ1) is 44.0. The van der Waals surface area contributed by atoms with Crippen LogP contribution in [0.5, 0.6) is 5.75 Å². The van der Waals surface area contributed by atoms with Crippen molar-refractivity contribution in [1.82, 2.24) is 5.32 Å². The molecule has 1 atom stereocenters. The van der Waals surface area contributed by atoms with E-state index in [1.807, 2.05) is 13.8 Å². The summed E-state index contributed by atoms with van der Waals surface area (Å²) in [6.07, 6.45) is 17.4. The van der Waals surface area contributed by atoms with E-state index in [0.29, 0.717) is 6.42 Å². The van der Waals surface area contributed by atoms with E-state index in [9.17, 15) is 31.9 Å². The average molecular weight is 697 g/mol. The molecule has 0 fully saturated rings. The maximum atomic E-state index is 13.3. The van der Waals surface area contributed by atoms with Crippen LogP contribution in [0.1, 0.15) is 137 Å². The van der Waals surface area contributed by atoms with Gasteiger partial charge in [0.15, 0.2) is 0 Å². The number of ether oxygens (including phenoxy) is 1. The number of benzene rings is 1. The number of amides is 2. The van der Waals surface area contributed by atoms with E-state index >= 15 is 0 Å². The van der Waals surface area contributed by atoms with Crippen LogP contribution in [0.4, 0.5) is 17.6 Å². The molecule has 0 spiro atoms. The fourth-order valence-corrected chi connectivity index (χ4v) is 4.18. The SMILES string of the molecule is CC.CC([As])(CO)NC(=O)CCCC(=O)Oc1c(F)c(F)cc(F)c1F.CCCCCCCCCCCCCCCC(N)=O. The number of aliphatic hydroxyl groups excluding tert-OH is 1. The van der Waals surface area contributed by atoms with E-state index in [4.69, 9.17) is 10.8 Å². The van der Waals surface area contributed by atoms with Gasteiger partial charge in [-0.3, -0.25) is 4.79 Å². The normalized spacial score (nSPS) is 11.8. The van der Waals surface area contributed by atoms with Gasteiger partial charge in [-0.05, 0) is 6.42 Å². The Morgan fingerprint density at radius 2 is 1.23 bits per heavy atom. The summed E-state index contributed by atoms with van der Waals surface area (Å²) >= 11 is 2.07. The van der Waals surface area contributed by atoms with Crippen LogP contribution in [0.2, 0.25) is 0 Å². The average Bonchev–Trinajstić information content (AvgIpc) is 2.97. The number of halogens is 4. The summed E-state index contributed by atoms with van der Waals surface area (Å²) in [6, 6.07) is -0.00619. The molecule has 1 unspecified atom stereocenters. The van der Waals surface area contributed by atoms with E-state index < -0.39 is 51.6 Å². The smallest absolute Gasteiger partial charge is 0.217 e. The van der Waals surface area contributed by atoms with E-state index in [1.54, 1.807) is 6.92 Å². The molecule has 44 heavy (non-hydrogen) atoms. The summed E-state index contributed by atoms with van der Waals surface area (Å²) in [5, 5.41) is 11.5. The molecule has 0 aliphatic heterocycles. The van der Waals surface area contributed by atoms with Crippen molar-refractivity contribution in [1.29, 1.82) is 0 Å². The van der Waals surface area contributed by atoms with E-state index in [2.05, 4.69) is 33.8 Å². The molecule has 0 saturated carbocycles. The molecule has 0 aromatic heterocycles. The number of primary amides is 1. The molecule has 12 heteroatoms. The van der Waals surface area contributed by atoms with Crippen molar-refractivity contribution >= 4 is 34.6 Å². The minimum absolute atomic E-state index is 0.00619. The Labute approximate surface area is 269 Å². The van der Waals surface area contributed by atoms with Crippen LogP contribution in [-0.2, 0) is 14.4 Å². The number of nitrogens with two attached hydrogens (primary N) is 1. The number of carbonyl (C=O) groups is 3. The maximum absolute atomic E-state index is 13.3. The van der Waals surface area contributed by atoms with Gasteiger partial charge in [0.2, 0.25) is 5.91 Å². The molecule has 0 bridgehead atoms. The first-order valence-electron chi connectivity index (χ1n) is 15.8. The number of nitrogens with one attached hydrogen (secondary N) is 1. The van der Waals surface area contributed by atoms with Crippen molar-refractivity contribution < 1.29 is 41.8 Å². The molecular weight excluding hydrogens is 643 g/mol. The predicted molar refractivity (Wildman–Crippen MR) is 166 cm³/mol. The monoisotopic (exact) mass is 696 g/mol. The Morgan fingerprint density at radius 1 is 0.795 bits per heavy atom. The molecule has 1 aromatic rings. The third kappa shape index (κ3) is 23.3. The molecule has 0 aliphatic carbocycles. The second kappa shape index (κ2) is 27.2. The van der Waals surface area contributed by atoms with Gasteiger partial charge in [-0.1, -0.05) is 97.8 Å². The minimum Gasteiger partial charge on any atom is -0.370 e. The van der Waals surface area contributed by atoms with Crippen LogP contribution in [0, 0.1) is 23.3 Å². The van der Waals surface area contributed by atoms with Gasteiger partial charge in [0.1, 0.15) is 0 Å². The van der Waals surface area contributed by atoms with Crippen molar-refractivity contribution in [2.75, 3.05) is 6.61 Å². The Balaban J connectivity index is 0. The van der Waals surface area contributed by atoms with Crippen molar-refractivity contribution in [3.8, 4) is 5.75 Å². The van der Waals surface area contributed by atoms with Gasteiger partial charge in [-0.2, -0.15) is 0 Å². The summed E-state index contributed by atoms with van der Waals surface area (Å²) in [7, 11) is 0. The Kier molecular flexibility index (Phi) is 27.2. The number of hydrogen-bond donors (Lipinski definition) is 3.